The Bertz CT molecular complexity index is 855. The van der Waals surface area contributed by atoms with Gasteiger partial charge < -0.3 is 19.7 Å². The minimum Gasteiger partial charge on any atom is -0.494 e. The summed E-state index contributed by atoms with van der Waals surface area (Å²) in [6.07, 6.45) is 3.86. The second-order valence-electron chi connectivity index (χ2n) is 6.20. The molecular weight excluding hydrogens is 350 g/mol. The van der Waals surface area contributed by atoms with Crippen LogP contribution < -0.4 is 9.47 Å². The van der Waals surface area contributed by atoms with Gasteiger partial charge in [0.2, 0.25) is 11.8 Å². The summed E-state index contributed by atoms with van der Waals surface area (Å²) in [6, 6.07) is 7.57. The number of hydrogen-bond acceptors (Lipinski definition) is 5. The number of methoxy groups -OCH3 is 1. The summed E-state index contributed by atoms with van der Waals surface area (Å²) in [5.74, 6) is 1.11. The Balaban J connectivity index is 1.95. The van der Waals surface area contributed by atoms with Crippen LogP contribution in [0.2, 0.25) is 0 Å². The number of thiophene rings is 1. The van der Waals surface area contributed by atoms with E-state index >= 15 is 0 Å². The SMILES string of the molecule is CCCCCOc1c(OC)ccc2c(O)n(CCc3cccs3)c(O)c12. The van der Waals surface area contributed by atoms with E-state index in [1.807, 2.05) is 17.5 Å². The van der Waals surface area contributed by atoms with Crippen molar-refractivity contribution in [3.05, 3.63) is 34.5 Å². The number of benzene rings is 1. The third kappa shape index (κ3) is 3.60. The van der Waals surface area contributed by atoms with Crippen LogP contribution in [0.4, 0.5) is 0 Å². The maximum Gasteiger partial charge on any atom is 0.206 e. The summed E-state index contributed by atoms with van der Waals surface area (Å²) < 4.78 is 12.9. The third-order valence-corrected chi connectivity index (χ3v) is 5.41. The van der Waals surface area contributed by atoms with Crippen molar-refractivity contribution >= 4 is 22.1 Å². The fourth-order valence-electron chi connectivity index (χ4n) is 3.07. The van der Waals surface area contributed by atoms with Gasteiger partial charge in [0, 0.05) is 11.4 Å². The average molecular weight is 375 g/mol. The molecule has 140 valence electrons. The highest BCUT2D eigenvalue weighted by molar-refractivity contribution is 7.09. The topological polar surface area (TPSA) is 63.8 Å². The van der Waals surface area contributed by atoms with Gasteiger partial charge in [-0.3, -0.25) is 4.57 Å². The first kappa shape index (κ1) is 18.5. The van der Waals surface area contributed by atoms with Crippen LogP contribution >= 0.6 is 11.3 Å². The van der Waals surface area contributed by atoms with Crippen LogP contribution in [0.5, 0.6) is 23.3 Å². The van der Waals surface area contributed by atoms with Crippen molar-refractivity contribution in [1.82, 2.24) is 4.57 Å². The Morgan fingerprint density at radius 2 is 1.96 bits per heavy atom. The van der Waals surface area contributed by atoms with Crippen LogP contribution in [0.25, 0.3) is 10.8 Å². The largest absolute Gasteiger partial charge is 0.494 e. The summed E-state index contributed by atoms with van der Waals surface area (Å²) in [5, 5.41) is 24.5. The predicted molar refractivity (Wildman–Crippen MR) is 105 cm³/mol. The minimum atomic E-state index is 0.0125. The molecule has 0 fully saturated rings. The molecule has 2 N–H and O–H groups in total. The molecule has 0 aliphatic heterocycles. The molecule has 0 unspecified atom stereocenters. The molecule has 0 bridgehead atoms. The summed E-state index contributed by atoms with van der Waals surface area (Å²) in [5.41, 5.74) is 0. The Kier molecular flexibility index (Phi) is 5.93. The van der Waals surface area contributed by atoms with E-state index in [0.29, 0.717) is 35.4 Å². The molecule has 6 heteroatoms. The van der Waals surface area contributed by atoms with Gasteiger partial charge in [-0.1, -0.05) is 25.8 Å². The molecule has 0 saturated heterocycles. The first-order valence-electron chi connectivity index (χ1n) is 8.93. The highest BCUT2D eigenvalue weighted by Crippen LogP contribution is 2.46. The monoisotopic (exact) mass is 375 g/mol. The predicted octanol–water partition coefficient (Wildman–Crippen LogP) is 4.93. The van der Waals surface area contributed by atoms with E-state index < -0.39 is 0 Å². The number of aryl methyl sites for hydroxylation is 1. The van der Waals surface area contributed by atoms with E-state index in [4.69, 9.17) is 9.47 Å². The van der Waals surface area contributed by atoms with Gasteiger partial charge in [-0.15, -0.1) is 11.3 Å². The van der Waals surface area contributed by atoms with E-state index in [0.717, 1.165) is 25.7 Å². The standard InChI is InChI=1S/C20H25NO4S/c1-3-4-5-12-25-18-16(24-2)9-8-15-17(18)20(23)21(19(15)22)11-10-14-7-6-13-26-14/h6-9,13,22-23H,3-5,10-12H2,1-2H3. The molecule has 2 aromatic heterocycles. The van der Waals surface area contributed by atoms with Crippen molar-refractivity contribution < 1.29 is 19.7 Å². The molecule has 0 saturated carbocycles. The summed E-state index contributed by atoms with van der Waals surface area (Å²) >= 11 is 1.66. The van der Waals surface area contributed by atoms with E-state index in [1.54, 1.807) is 30.6 Å². The first-order valence-corrected chi connectivity index (χ1v) is 9.81. The number of aromatic hydroxyl groups is 2. The zero-order valence-corrected chi connectivity index (χ0v) is 16.0. The molecule has 0 amide bonds. The number of rotatable bonds is 9. The zero-order valence-electron chi connectivity index (χ0n) is 15.2. The van der Waals surface area contributed by atoms with E-state index in [9.17, 15) is 10.2 Å². The second kappa shape index (κ2) is 8.36. The van der Waals surface area contributed by atoms with Crippen LogP contribution in [0, 0.1) is 0 Å². The van der Waals surface area contributed by atoms with Gasteiger partial charge in [-0.05, 0) is 36.4 Å². The molecular formula is C20H25NO4S. The lowest BCUT2D eigenvalue weighted by atomic mass is 10.2. The number of unbranched alkanes of at least 4 members (excludes halogenated alkanes) is 2. The lowest BCUT2D eigenvalue weighted by molar-refractivity contribution is 0.288. The fraction of sp³-hybridized carbons (Fsp3) is 0.400. The highest BCUT2D eigenvalue weighted by Gasteiger charge is 2.22. The van der Waals surface area contributed by atoms with Crippen LogP contribution in [0.3, 0.4) is 0 Å². The number of hydrogen-bond donors (Lipinski definition) is 2. The molecule has 0 aliphatic rings. The lowest BCUT2D eigenvalue weighted by Crippen LogP contribution is -2.00. The molecule has 3 aromatic rings. The van der Waals surface area contributed by atoms with Crippen molar-refractivity contribution in [2.24, 2.45) is 0 Å². The molecule has 0 spiro atoms. The van der Waals surface area contributed by atoms with Crippen molar-refractivity contribution in [2.45, 2.75) is 39.2 Å². The lowest BCUT2D eigenvalue weighted by Gasteiger charge is -2.12. The van der Waals surface area contributed by atoms with Crippen molar-refractivity contribution in [3.8, 4) is 23.3 Å². The van der Waals surface area contributed by atoms with Gasteiger partial charge >= 0.3 is 0 Å². The van der Waals surface area contributed by atoms with Gasteiger partial charge in [-0.25, -0.2) is 0 Å². The maximum absolute atomic E-state index is 10.8. The van der Waals surface area contributed by atoms with Crippen molar-refractivity contribution in [3.63, 3.8) is 0 Å². The van der Waals surface area contributed by atoms with Crippen LogP contribution in [-0.4, -0.2) is 28.5 Å². The molecule has 1 aromatic carbocycles. The Labute approximate surface area is 157 Å². The smallest absolute Gasteiger partial charge is 0.206 e. The molecule has 2 heterocycles. The van der Waals surface area contributed by atoms with Crippen molar-refractivity contribution in [2.75, 3.05) is 13.7 Å². The molecule has 0 atom stereocenters. The molecule has 0 aliphatic carbocycles. The summed E-state index contributed by atoms with van der Waals surface area (Å²) in [7, 11) is 1.57. The van der Waals surface area contributed by atoms with Gasteiger partial charge in [0.1, 0.15) is 0 Å². The van der Waals surface area contributed by atoms with Gasteiger partial charge in [0.05, 0.1) is 24.5 Å². The number of fused-ring (bicyclic) bond motifs is 1. The Hall–Kier alpha value is -2.34. The number of ether oxygens (including phenoxy) is 2. The van der Waals surface area contributed by atoms with E-state index in [2.05, 4.69) is 6.92 Å². The molecule has 3 rings (SSSR count). The fourth-order valence-corrected chi connectivity index (χ4v) is 3.77. The average Bonchev–Trinajstić information content (AvgIpc) is 3.25. The second-order valence-corrected chi connectivity index (χ2v) is 7.24. The van der Waals surface area contributed by atoms with Gasteiger partial charge in [0.15, 0.2) is 11.5 Å². The van der Waals surface area contributed by atoms with Crippen LogP contribution in [0.1, 0.15) is 31.1 Å². The van der Waals surface area contributed by atoms with E-state index in [-0.39, 0.29) is 11.8 Å². The van der Waals surface area contributed by atoms with Crippen molar-refractivity contribution in [1.29, 1.82) is 0 Å². The Morgan fingerprint density at radius 1 is 1.12 bits per heavy atom. The normalized spacial score (nSPS) is 11.2. The van der Waals surface area contributed by atoms with E-state index in [1.165, 1.54) is 9.44 Å². The molecule has 5 nitrogen and oxygen atoms in total. The minimum absolute atomic E-state index is 0.0125. The first-order chi connectivity index (χ1) is 12.7. The maximum atomic E-state index is 10.8. The third-order valence-electron chi connectivity index (χ3n) is 4.47. The zero-order chi connectivity index (χ0) is 18.5. The number of aromatic nitrogens is 1. The van der Waals surface area contributed by atoms with Gasteiger partial charge in [-0.2, -0.15) is 0 Å². The molecule has 26 heavy (non-hydrogen) atoms. The van der Waals surface area contributed by atoms with Crippen LogP contribution in [-0.2, 0) is 13.0 Å². The van der Waals surface area contributed by atoms with Crippen LogP contribution in [0.15, 0.2) is 29.6 Å². The van der Waals surface area contributed by atoms with Gasteiger partial charge in [0.25, 0.3) is 0 Å². The Morgan fingerprint density at radius 3 is 2.65 bits per heavy atom. The summed E-state index contributed by atoms with van der Waals surface area (Å²) in [6.45, 7) is 3.17. The molecule has 0 radical (unpaired) electrons. The highest BCUT2D eigenvalue weighted by atomic mass is 32.1. The quantitative estimate of drug-likeness (QED) is 0.520. The summed E-state index contributed by atoms with van der Waals surface area (Å²) in [4.78, 5) is 1.20. The number of nitrogens with zero attached hydrogens (tertiary/aromatic N) is 1.